The first-order valence-corrected chi connectivity index (χ1v) is 6.74. The monoisotopic (exact) mass is 272 g/mol. The van der Waals surface area contributed by atoms with Crippen LogP contribution in [0.15, 0.2) is 30.5 Å². The van der Waals surface area contributed by atoms with Crippen molar-refractivity contribution in [2.24, 2.45) is 0 Å². The van der Waals surface area contributed by atoms with Gasteiger partial charge in [0.05, 0.1) is 11.7 Å². The Balaban J connectivity index is 2.15. The number of carbonyl (C=O) groups is 1. The largest absolute Gasteiger partial charge is 0.332 e. The second-order valence-electron chi connectivity index (χ2n) is 5.21. The second-order valence-corrected chi connectivity index (χ2v) is 5.21. The third-order valence-corrected chi connectivity index (χ3v) is 3.46. The van der Waals surface area contributed by atoms with Crippen molar-refractivity contribution in [2.75, 3.05) is 7.05 Å². The summed E-state index contributed by atoms with van der Waals surface area (Å²) in [6.07, 6.45) is 1.73. The van der Waals surface area contributed by atoms with E-state index in [1.165, 1.54) is 0 Å². The van der Waals surface area contributed by atoms with Crippen molar-refractivity contribution in [1.82, 2.24) is 20.1 Å². The summed E-state index contributed by atoms with van der Waals surface area (Å²) < 4.78 is 0. The lowest BCUT2D eigenvalue weighted by molar-refractivity contribution is 0.0734. The number of hydrogen-bond donors (Lipinski definition) is 1. The van der Waals surface area contributed by atoms with Gasteiger partial charge in [-0.2, -0.15) is 5.10 Å². The van der Waals surface area contributed by atoms with Crippen LogP contribution in [0.1, 0.15) is 54.6 Å². The number of nitrogens with zero attached hydrogens (tertiary/aromatic N) is 3. The van der Waals surface area contributed by atoms with E-state index in [9.17, 15) is 4.79 Å². The predicted octanol–water partition coefficient (Wildman–Crippen LogP) is 2.76. The van der Waals surface area contributed by atoms with Gasteiger partial charge in [0.25, 0.3) is 5.91 Å². The van der Waals surface area contributed by atoms with Crippen LogP contribution in [0.2, 0.25) is 0 Å². The minimum absolute atomic E-state index is 0.0945. The number of nitrogens with one attached hydrogen (secondary N) is 1. The highest BCUT2D eigenvalue weighted by atomic mass is 16.2. The van der Waals surface area contributed by atoms with Gasteiger partial charge >= 0.3 is 0 Å². The highest BCUT2D eigenvalue weighted by molar-refractivity contribution is 5.92. The van der Waals surface area contributed by atoms with Gasteiger partial charge in [-0.05, 0) is 31.0 Å². The summed E-state index contributed by atoms with van der Waals surface area (Å²) in [5.41, 5.74) is 2.27. The van der Waals surface area contributed by atoms with E-state index >= 15 is 0 Å². The van der Waals surface area contributed by atoms with Crippen LogP contribution in [0.4, 0.5) is 0 Å². The van der Waals surface area contributed by atoms with Crippen molar-refractivity contribution in [3.05, 3.63) is 47.5 Å². The van der Waals surface area contributed by atoms with Gasteiger partial charge in [-0.25, -0.2) is 0 Å². The zero-order valence-electron chi connectivity index (χ0n) is 12.3. The summed E-state index contributed by atoms with van der Waals surface area (Å²) in [4.78, 5) is 18.4. The molecule has 0 fully saturated rings. The molecule has 2 aromatic heterocycles. The zero-order chi connectivity index (χ0) is 14.7. The number of amides is 1. The summed E-state index contributed by atoms with van der Waals surface area (Å²) in [6, 6.07) is 7.42. The molecule has 1 unspecified atom stereocenters. The maximum Gasteiger partial charge on any atom is 0.274 e. The number of aromatic nitrogens is 3. The lowest BCUT2D eigenvalue weighted by atomic mass is 10.1. The molecule has 0 aliphatic heterocycles. The van der Waals surface area contributed by atoms with Gasteiger partial charge < -0.3 is 4.90 Å². The maximum absolute atomic E-state index is 12.4. The molecule has 0 saturated heterocycles. The van der Waals surface area contributed by atoms with Gasteiger partial charge in [0.2, 0.25) is 0 Å². The van der Waals surface area contributed by atoms with Gasteiger partial charge in [0, 0.05) is 18.9 Å². The molecule has 0 radical (unpaired) electrons. The van der Waals surface area contributed by atoms with Crippen LogP contribution in [-0.4, -0.2) is 33.0 Å². The van der Waals surface area contributed by atoms with Gasteiger partial charge in [-0.15, -0.1) is 0 Å². The molecular weight excluding hydrogens is 252 g/mol. The molecule has 106 valence electrons. The van der Waals surface area contributed by atoms with Crippen LogP contribution in [0.25, 0.3) is 0 Å². The normalized spacial score (nSPS) is 12.4. The van der Waals surface area contributed by atoms with E-state index < -0.39 is 0 Å². The van der Waals surface area contributed by atoms with E-state index in [2.05, 4.69) is 29.0 Å². The van der Waals surface area contributed by atoms with Crippen molar-refractivity contribution >= 4 is 5.91 Å². The molecule has 0 aliphatic carbocycles. The molecular formula is C15H20N4O. The fraction of sp³-hybridized carbons (Fsp3) is 0.400. The molecule has 5 heteroatoms. The molecule has 20 heavy (non-hydrogen) atoms. The minimum Gasteiger partial charge on any atom is -0.332 e. The molecule has 0 aromatic carbocycles. The Labute approximate surface area is 119 Å². The average Bonchev–Trinajstić information content (AvgIpc) is 2.96. The van der Waals surface area contributed by atoms with E-state index in [1.54, 1.807) is 18.1 Å². The fourth-order valence-corrected chi connectivity index (χ4v) is 1.92. The SMILES string of the molecule is CC(C)c1cc(C(=O)N(C)C(C)c2ccccn2)n[nH]1. The number of hydrogen-bond acceptors (Lipinski definition) is 3. The maximum atomic E-state index is 12.4. The molecule has 2 aromatic rings. The molecule has 5 nitrogen and oxygen atoms in total. The Hall–Kier alpha value is -2.17. The lowest BCUT2D eigenvalue weighted by Gasteiger charge is -2.23. The van der Waals surface area contributed by atoms with Crippen molar-refractivity contribution in [3.8, 4) is 0 Å². The molecule has 0 bridgehead atoms. The van der Waals surface area contributed by atoms with Gasteiger partial charge in [-0.1, -0.05) is 19.9 Å². The third-order valence-electron chi connectivity index (χ3n) is 3.46. The molecule has 2 heterocycles. The highest BCUT2D eigenvalue weighted by Gasteiger charge is 2.22. The minimum atomic E-state index is -0.105. The van der Waals surface area contributed by atoms with E-state index in [-0.39, 0.29) is 11.9 Å². The summed E-state index contributed by atoms with van der Waals surface area (Å²) >= 11 is 0. The summed E-state index contributed by atoms with van der Waals surface area (Å²) in [6.45, 7) is 6.07. The summed E-state index contributed by atoms with van der Waals surface area (Å²) in [5, 5.41) is 7.00. The van der Waals surface area contributed by atoms with Crippen molar-refractivity contribution in [1.29, 1.82) is 0 Å². The molecule has 0 aliphatic rings. The van der Waals surface area contributed by atoms with Gasteiger partial charge in [0.15, 0.2) is 0 Å². The first-order valence-electron chi connectivity index (χ1n) is 6.74. The quantitative estimate of drug-likeness (QED) is 0.931. The number of pyridine rings is 1. The molecule has 1 amide bonds. The number of aromatic amines is 1. The van der Waals surface area contributed by atoms with Crippen molar-refractivity contribution in [3.63, 3.8) is 0 Å². The third kappa shape index (κ3) is 2.87. The van der Waals surface area contributed by atoms with Crippen molar-refractivity contribution in [2.45, 2.75) is 32.7 Å². The predicted molar refractivity (Wildman–Crippen MR) is 77.4 cm³/mol. The van der Waals surface area contributed by atoms with E-state index in [4.69, 9.17) is 0 Å². The van der Waals surface area contributed by atoms with E-state index in [0.717, 1.165) is 11.4 Å². The van der Waals surface area contributed by atoms with Crippen LogP contribution >= 0.6 is 0 Å². The Morgan fingerprint density at radius 1 is 1.30 bits per heavy atom. The van der Waals surface area contributed by atoms with Gasteiger partial charge in [0.1, 0.15) is 5.69 Å². The topological polar surface area (TPSA) is 61.9 Å². The van der Waals surface area contributed by atoms with Crippen LogP contribution in [0, 0.1) is 0 Å². The van der Waals surface area contributed by atoms with Crippen molar-refractivity contribution < 1.29 is 4.79 Å². The van der Waals surface area contributed by atoms with Crippen LogP contribution < -0.4 is 0 Å². The highest BCUT2D eigenvalue weighted by Crippen LogP contribution is 2.19. The second kappa shape index (κ2) is 5.86. The summed E-state index contributed by atoms with van der Waals surface area (Å²) in [5.74, 6) is 0.217. The Morgan fingerprint density at radius 2 is 2.05 bits per heavy atom. The van der Waals surface area contributed by atoms with E-state index in [1.807, 2.05) is 31.2 Å². The Morgan fingerprint density at radius 3 is 2.60 bits per heavy atom. The Bertz CT molecular complexity index is 577. The molecule has 0 spiro atoms. The number of carbonyl (C=O) groups excluding carboxylic acids is 1. The van der Waals surface area contributed by atoms with Gasteiger partial charge in [-0.3, -0.25) is 14.9 Å². The molecule has 1 atom stereocenters. The first kappa shape index (κ1) is 14.2. The molecule has 2 rings (SSSR count). The standard InChI is InChI=1S/C15H20N4O/c1-10(2)13-9-14(18-17-13)15(20)19(4)11(3)12-7-5-6-8-16-12/h5-11H,1-4H3,(H,17,18). The number of rotatable bonds is 4. The lowest BCUT2D eigenvalue weighted by Crippen LogP contribution is -2.30. The van der Waals surface area contributed by atoms with Crippen LogP contribution in [0.3, 0.4) is 0 Å². The van der Waals surface area contributed by atoms with E-state index in [0.29, 0.717) is 11.6 Å². The Kier molecular flexibility index (Phi) is 4.17. The smallest absolute Gasteiger partial charge is 0.274 e. The molecule has 1 N–H and O–H groups in total. The van der Waals surface area contributed by atoms with Crippen LogP contribution in [-0.2, 0) is 0 Å². The average molecular weight is 272 g/mol. The first-order chi connectivity index (χ1) is 9.50. The zero-order valence-corrected chi connectivity index (χ0v) is 12.3. The number of H-pyrrole nitrogens is 1. The van der Waals surface area contributed by atoms with Crippen LogP contribution in [0.5, 0.6) is 0 Å². The summed E-state index contributed by atoms with van der Waals surface area (Å²) in [7, 11) is 1.77. The fourth-order valence-electron chi connectivity index (χ4n) is 1.92. The molecule has 0 saturated carbocycles.